The zero-order valence-corrected chi connectivity index (χ0v) is 11.9. The largest absolute Gasteiger partial charge is 0.479 e. The van der Waals surface area contributed by atoms with E-state index in [0.717, 1.165) is 0 Å². The van der Waals surface area contributed by atoms with Crippen LogP contribution in [-0.2, 0) is 4.79 Å². The Labute approximate surface area is 122 Å². The van der Waals surface area contributed by atoms with Crippen LogP contribution in [0.15, 0.2) is 47.4 Å². The molecule has 1 aromatic heterocycles. The number of carbonyl (C=O) groups excluding carboxylic acids is 1. The lowest BCUT2D eigenvalue weighted by molar-refractivity contribution is -0.126. The summed E-state index contributed by atoms with van der Waals surface area (Å²) in [5.41, 5.74) is -0.491. The van der Waals surface area contributed by atoms with E-state index in [2.05, 4.69) is 9.97 Å². The fourth-order valence-electron chi connectivity index (χ4n) is 1.91. The van der Waals surface area contributed by atoms with E-state index in [1.54, 1.807) is 18.2 Å². The minimum atomic E-state index is -0.491. The van der Waals surface area contributed by atoms with E-state index in [-0.39, 0.29) is 18.6 Å². The molecule has 0 aliphatic carbocycles. The van der Waals surface area contributed by atoms with E-state index in [1.165, 1.54) is 11.1 Å². The fourth-order valence-corrected chi connectivity index (χ4v) is 1.91. The zero-order valence-electron chi connectivity index (χ0n) is 11.9. The first-order chi connectivity index (χ1) is 10.1. The van der Waals surface area contributed by atoms with Crippen LogP contribution in [0.5, 0.6) is 5.75 Å². The third kappa shape index (κ3) is 4.00. The van der Waals surface area contributed by atoms with Crippen LogP contribution < -0.4 is 15.3 Å². The molecule has 1 radical (unpaired) electrons. The van der Waals surface area contributed by atoms with Crippen molar-refractivity contribution in [3.8, 4) is 5.75 Å². The minimum Gasteiger partial charge on any atom is -0.479 e. The average Bonchev–Trinajstić information content (AvgIpc) is 2.46. The highest BCUT2D eigenvalue weighted by Gasteiger charge is 2.34. The standard InChI is InChI=1S/C15H17N3O3/c1-11(2)18(13-8-9-16-15(20)17-13)14(19)10-21-12-6-4-3-5-7-12/h3-9,11H,10H2,1-2H3,(H,16,17,20)/q+1. The number of hydrogen-bond acceptors (Lipinski definition) is 4. The Balaban J connectivity index is 2.11. The topological polar surface area (TPSA) is 78.0 Å². The van der Waals surface area contributed by atoms with E-state index >= 15 is 0 Å². The number of ether oxygens (including phenoxy) is 1. The molecule has 0 saturated carbocycles. The molecule has 109 valence electrons. The molecule has 0 atom stereocenters. The molecule has 1 N–H and O–H groups in total. The van der Waals surface area contributed by atoms with Crippen LogP contribution in [0.1, 0.15) is 13.8 Å². The lowest BCUT2D eigenvalue weighted by Gasteiger charge is -2.12. The minimum absolute atomic E-state index is 0.114. The lowest BCUT2D eigenvalue weighted by Crippen LogP contribution is -2.42. The van der Waals surface area contributed by atoms with E-state index in [9.17, 15) is 9.59 Å². The summed E-state index contributed by atoms with van der Waals surface area (Å²) >= 11 is 0. The Hall–Kier alpha value is -2.47. The van der Waals surface area contributed by atoms with Crippen molar-refractivity contribution in [2.45, 2.75) is 19.9 Å². The fraction of sp³-hybridized carbons (Fsp3) is 0.267. The third-order valence-electron chi connectivity index (χ3n) is 2.79. The van der Waals surface area contributed by atoms with Crippen LogP contribution in [0.2, 0.25) is 0 Å². The maximum Gasteiger partial charge on any atom is 0.405 e. The number of amides is 1. The number of rotatable bonds is 5. The van der Waals surface area contributed by atoms with Crippen molar-refractivity contribution in [2.75, 3.05) is 6.61 Å². The van der Waals surface area contributed by atoms with Crippen LogP contribution in [0, 0.1) is 0 Å². The van der Waals surface area contributed by atoms with Crippen LogP contribution in [-0.4, -0.2) is 28.5 Å². The van der Waals surface area contributed by atoms with Gasteiger partial charge in [0, 0.05) is 12.3 Å². The Morgan fingerprint density at radius 1 is 1.29 bits per heavy atom. The number of nitrogens with one attached hydrogen (secondary N) is 1. The van der Waals surface area contributed by atoms with E-state index in [1.807, 2.05) is 32.0 Å². The van der Waals surface area contributed by atoms with Gasteiger partial charge in [-0.3, -0.25) is 0 Å². The number of para-hydroxylation sites is 1. The molecule has 2 aromatic rings. The lowest BCUT2D eigenvalue weighted by atomic mass is 10.3. The molecule has 0 spiro atoms. The maximum absolute atomic E-state index is 12.3. The van der Waals surface area contributed by atoms with Crippen LogP contribution in [0.4, 0.5) is 5.82 Å². The van der Waals surface area contributed by atoms with Gasteiger partial charge in [0.1, 0.15) is 11.8 Å². The van der Waals surface area contributed by atoms with E-state index in [0.29, 0.717) is 11.6 Å². The molecule has 21 heavy (non-hydrogen) atoms. The number of aromatic nitrogens is 2. The molecule has 0 fully saturated rings. The Kier molecular flexibility index (Phi) is 4.84. The molecule has 1 aromatic carbocycles. The summed E-state index contributed by atoms with van der Waals surface area (Å²) in [7, 11) is 0. The molecule has 1 amide bonds. The number of aromatic amines is 1. The summed E-state index contributed by atoms with van der Waals surface area (Å²) in [5.74, 6) is 0.677. The Bertz CT molecular complexity index is 652. The maximum atomic E-state index is 12.3. The van der Waals surface area contributed by atoms with Gasteiger partial charge in [0.15, 0.2) is 0 Å². The van der Waals surface area contributed by atoms with Crippen molar-refractivity contribution in [3.63, 3.8) is 0 Å². The summed E-state index contributed by atoms with van der Waals surface area (Å²) in [6.45, 7) is 3.59. The van der Waals surface area contributed by atoms with Crippen molar-refractivity contribution in [1.29, 1.82) is 0 Å². The van der Waals surface area contributed by atoms with Crippen molar-refractivity contribution < 1.29 is 9.53 Å². The number of anilines is 1. The Morgan fingerprint density at radius 2 is 2.00 bits per heavy atom. The predicted molar refractivity (Wildman–Crippen MR) is 78.7 cm³/mol. The van der Waals surface area contributed by atoms with Gasteiger partial charge in [-0.2, -0.15) is 0 Å². The van der Waals surface area contributed by atoms with Crippen molar-refractivity contribution >= 4 is 11.7 Å². The van der Waals surface area contributed by atoms with Gasteiger partial charge in [-0.1, -0.05) is 18.2 Å². The summed E-state index contributed by atoms with van der Waals surface area (Å²) in [4.78, 5) is 31.3. The van der Waals surface area contributed by atoms with E-state index in [4.69, 9.17) is 4.74 Å². The van der Waals surface area contributed by atoms with Gasteiger partial charge < -0.3 is 9.72 Å². The van der Waals surface area contributed by atoms with Gasteiger partial charge >= 0.3 is 11.6 Å². The average molecular weight is 287 g/mol. The second-order valence-electron chi connectivity index (χ2n) is 4.71. The van der Waals surface area contributed by atoms with Crippen molar-refractivity contribution in [3.05, 3.63) is 53.1 Å². The molecule has 6 nitrogen and oxygen atoms in total. The van der Waals surface area contributed by atoms with Gasteiger partial charge in [-0.15, -0.1) is 4.98 Å². The molecule has 0 saturated heterocycles. The van der Waals surface area contributed by atoms with Crippen molar-refractivity contribution in [2.24, 2.45) is 0 Å². The summed E-state index contributed by atoms with van der Waals surface area (Å²) in [5, 5.41) is 0. The molecule has 2 rings (SSSR count). The first-order valence-electron chi connectivity index (χ1n) is 6.63. The van der Waals surface area contributed by atoms with Gasteiger partial charge in [-0.05, 0) is 30.9 Å². The Morgan fingerprint density at radius 3 is 2.62 bits per heavy atom. The second kappa shape index (κ2) is 6.81. The molecule has 6 heteroatoms. The second-order valence-corrected chi connectivity index (χ2v) is 4.71. The summed E-state index contributed by atoms with van der Waals surface area (Å²) < 4.78 is 5.45. The molecule has 0 aliphatic heterocycles. The number of H-pyrrole nitrogens is 1. The van der Waals surface area contributed by atoms with Crippen LogP contribution in [0.3, 0.4) is 0 Å². The zero-order chi connectivity index (χ0) is 15.2. The summed E-state index contributed by atoms with van der Waals surface area (Å²) in [6, 6.07) is 10.5. The highest BCUT2D eigenvalue weighted by atomic mass is 16.5. The molecule has 0 bridgehead atoms. The molecular weight excluding hydrogens is 270 g/mol. The number of hydrogen-bond donors (Lipinski definition) is 1. The monoisotopic (exact) mass is 287 g/mol. The van der Waals surface area contributed by atoms with Crippen LogP contribution >= 0.6 is 0 Å². The predicted octanol–water partition coefficient (Wildman–Crippen LogP) is 1.56. The first kappa shape index (κ1) is 14.9. The molecule has 0 unspecified atom stereocenters. The highest BCUT2D eigenvalue weighted by Crippen LogP contribution is 2.13. The van der Waals surface area contributed by atoms with Gasteiger partial charge in [0.05, 0.1) is 0 Å². The summed E-state index contributed by atoms with van der Waals surface area (Å²) in [6.07, 6.45) is 1.46. The molecule has 0 aliphatic rings. The van der Waals surface area contributed by atoms with Crippen LogP contribution in [0.25, 0.3) is 0 Å². The third-order valence-corrected chi connectivity index (χ3v) is 2.79. The van der Waals surface area contributed by atoms with Crippen molar-refractivity contribution in [1.82, 2.24) is 14.9 Å². The van der Waals surface area contributed by atoms with E-state index < -0.39 is 5.69 Å². The first-order valence-corrected chi connectivity index (χ1v) is 6.63. The SMILES string of the molecule is CC(C)[N+](C(=O)COc1ccccc1)c1cc[nH]c(=O)n1. The molecular formula is C15H17N3O3+. The number of nitrogens with zero attached hydrogens (tertiary/aromatic N) is 2. The van der Waals surface area contributed by atoms with Gasteiger partial charge in [0.25, 0.3) is 5.82 Å². The molecule has 1 heterocycles. The normalized spacial score (nSPS) is 10.9. The number of carbonyl (C=O) groups is 1. The quantitative estimate of drug-likeness (QED) is 0.846. The van der Waals surface area contributed by atoms with Gasteiger partial charge in [0.2, 0.25) is 6.61 Å². The smallest absolute Gasteiger partial charge is 0.405 e. The van der Waals surface area contributed by atoms with Gasteiger partial charge in [-0.25, -0.2) is 9.59 Å². The number of benzene rings is 1. The highest BCUT2D eigenvalue weighted by molar-refractivity contribution is 5.85.